The number of oxazole rings is 1. The van der Waals surface area contributed by atoms with Gasteiger partial charge in [-0.2, -0.15) is 0 Å². The standard InChI is InChI=1S/C61H40N2O/c1-3-14-43(15-4-1)52-20-11-12-25-59(52)63(49-36-32-45(33-37-49)57-40-47-18-7-8-19-51(47)53-21-9-10-22-54(53)57)48-34-30-42(31-35-48)41-26-28-44(29-27-41)50-23-13-24-56-55(50)38-39-58-60(56)64-61(62-58)46-16-5-2-6-17-46/h1-40H. The fraction of sp³-hybridized carbons (Fsp3) is 0. The van der Waals surface area contributed by atoms with Gasteiger partial charge in [-0.15, -0.1) is 0 Å². The molecule has 300 valence electrons. The second kappa shape index (κ2) is 15.7. The Labute approximate surface area is 371 Å². The predicted molar refractivity (Wildman–Crippen MR) is 268 cm³/mol. The molecule has 0 atom stereocenters. The summed E-state index contributed by atoms with van der Waals surface area (Å²) in [5.74, 6) is 0.635. The van der Waals surface area contributed by atoms with Crippen LogP contribution in [0.3, 0.4) is 0 Å². The molecule has 0 fully saturated rings. The number of nitrogens with zero attached hydrogens (tertiary/aromatic N) is 2. The quantitative estimate of drug-likeness (QED) is 0.143. The van der Waals surface area contributed by atoms with E-state index in [0.717, 1.165) is 66.8 Å². The summed E-state index contributed by atoms with van der Waals surface area (Å²) in [5.41, 5.74) is 15.3. The van der Waals surface area contributed by atoms with E-state index >= 15 is 0 Å². The van der Waals surface area contributed by atoms with Crippen LogP contribution in [0, 0.1) is 0 Å². The van der Waals surface area contributed by atoms with E-state index in [1.54, 1.807) is 0 Å². The number of aromatic nitrogens is 1. The van der Waals surface area contributed by atoms with E-state index in [4.69, 9.17) is 9.40 Å². The van der Waals surface area contributed by atoms with Gasteiger partial charge in [-0.05, 0) is 120 Å². The first-order valence-corrected chi connectivity index (χ1v) is 21.8. The normalized spacial score (nSPS) is 11.4. The van der Waals surface area contributed by atoms with Gasteiger partial charge in [-0.25, -0.2) is 4.98 Å². The van der Waals surface area contributed by atoms with Gasteiger partial charge in [0, 0.05) is 27.9 Å². The Morgan fingerprint density at radius 2 is 0.812 bits per heavy atom. The molecule has 0 N–H and O–H groups in total. The summed E-state index contributed by atoms with van der Waals surface area (Å²) in [6, 6.07) is 86.7. The molecule has 1 heterocycles. The predicted octanol–water partition coefficient (Wildman–Crippen LogP) is 17.1. The average Bonchev–Trinajstić information content (AvgIpc) is 3.83. The number of fused-ring (bicyclic) bond motifs is 6. The summed E-state index contributed by atoms with van der Waals surface area (Å²) in [4.78, 5) is 7.19. The minimum Gasteiger partial charge on any atom is -0.435 e. The van der Waals surface area contributed by atoms with Crippen molar-refractivity contribution in [2.24, 2.45) is 0 Å². The van der Waals surface area contributed by atoms with Crippen LogP contribution >= 0.6 is 0 Å². The van der Waals surface area contributed by atoms with Crippen molar-refractivity contribution in [3.8, 4) is 56.0 Å². The van der Waals surface area contributed by atoms with Gasteiger partial charge in [0.05, 0.1) is 5.69 Å². The third kappa shape index (κ3) is 6.59. The first-order valence-electron chi connectivity index (χ1n) is 21.8. The molecule has 1 aromatic heterocycles. The number of hydrogen-bond donors (Lipinski definition) is 0. The first kappa shape index (κ1) is 37.2. The van der Waals surface area contributed by atoms with Crippen molar-refractivity contribution in [1.29, 1.82) is 0 Å². The van der Waals surface area contributed by atoms with Gasteiger partial charge in [-0.3, -0.25) is 0 Å². The lowest BCUT2D eigenvalue weighted by atomic mass is 9.93. The maximum Gasteiger partial charge on any atom is 0.227 e. The highest BCUT2D eigenvalue weighted by Crippen LogP contribution is 2.43. The monoisotopic (exact) mass is 816 g/mol. The van der Waals surface area contributed by atoms with E-state index in [2.05, 4.69) is 217 Å². The van der Waals surface area contributed by atoms with Gasteiger partial charge in [0.25, 0.3) is 0 Å². The maximum absolute atomic E-state index is 6.38. The number of anilines is 3. The number of para-hydroxylation sites is 1. The Morgan fingerprint density at radius 3 is 1.55 bits per heavy atom. The molecule has 11 aromatic carbocycles. The minimum absolute atomic E-state index is 0.635. The van der Waals surface area contributed by atoms with E-state index in [-0.39, 0.29) is 0 Å². The highest BCUT2D eigenvalue weighted by molar-refractivity contribution is 6.14. The molecule has 12 rings (SSSR count). The van der Waals surface area contributed by atoms with E-state index in [1.165, 1.54) is 43.8 Å². The Hall–Kier alpha value is -8.53. The van der Waals surface area contributed by atoms with Crippen LogP contribution < -0.4 is 4.90 Å². The smallest absolute Gasteiger partial charge is 0.227 e. The molecule has 64 heavy (non-hydrogen) atoms. The zero-order chi connectivity index (χ0) is 42.4. The summed E-state index contributed by atoms with van der Waals surface area (Å²) in [6.07, 6.45) is 0. The Balaban J connectivity index is 0.895. The zero-order valence-corrected chi connectivity index (χ0v) is 34.9. The molecule has 0 bridgehead atoms. The summed E-state index contributed by atoms with van der Waals surface area (Å²) in [5, 5.41) is 7.24. The average molecular weight is 817 g/mol. The van der Waals surface area contributed by atoms with Crippen molar-refractivity contribution in [1.82, 2.24) is 4.98 Å². The minimum atomic E-state index is 0.635. The molecule has 12 aromatic rings. The third-order valence-electron chi connectivity index (χ3n) is 12.5. The lowest BCUT2D eigenvalue weighted by molar-refractivity contribution is 0.623. The van der Waals surface area contributed by atoms with Crippen molar-refractivity contribution < 1.29 is 4.42 Å². The Kier molecular flexibility index (Phi) is 9.16. The Morgan fingerprint density at radius 1 is 0.312 bits per heavy atom. The fourth-order valence-corrected chi connectivity index (χ4v) is 9.38. The van der Waals surface area contributed by atoms with Crippen LogP contribution in [0.1, 0.15) is 0 Å². The molecule has 3 heteroatoms. The number of hydrogen-bond acceptors (Lipinski definition) is 3. The number of benzene rings is 11. The molecule has 0 radical (unpaired) electrons. The van der Waals surface area contributed by atoms with Crippen LogP contribution in [-0.2, 0) is 0 Å². The number of rotatable bonds is 8. The molecule has 0 saturated heterocycles. The van der Waals surface area contributed by atoms with Crippen molar-refractivity contribution in [3.63, 3.8) is 0 Å². The fourth-order valence-electron chi connectivity index (χ4n) is 9.38. The van der Waals surface area contributed by atoms with E-state index in [1.807, 2.05) is 30.3 Å². The zero-order valence-electron chi connectivity index (χ0n) is 34.9. The molecule has 0 spiro atoms. The van der Waals surface area contributed by atoms with E-state index in [0.29, 0.717) is 5.89 Å². The van der Waals surface area contributed by atoms with Crippen LogP contribution in [0.4, 0.5) is 17.1 Å². The Bertz CT molecular complexity index is 3630. The summed E-state index contributed by atoms with van der Waals surface area (Å²) in [7, 11) is 0. The summed E-state index contributed by atoms with van der Waals surface area (Å²) in [6.45, 7) is 0. The first-order chi connectivity index (χ1) is 31.7. The maximum atomic E-state index is 6.38. The van der Waals surface area contributed by atoms with Crippen LogP contribution in [0.5, 0.6) is 0 Å². The molecule has 0 saturated carbocycles. The lowest BCUT2D eigenvalue weighted by Crippen LogP contribution is -2.11. The van der Waals surface area contributed by atoms with E-state index < -0.39 is 0 Å². The van der Waals surface area contributed by atoms with Crippen molar-refractivity contribution in [2.45, 2.75) is 0 Å². The summed E-state index contributed by atoms with van der Waals surface area (Å²) < 4.78 is 6.38. The third-order valence-corrected chi connectivity index (χ3v) is 12.5. The molecule has 0 amide bonds. The molecular weight excluding hydrogens is 777 g/mol. The topological polar surface area (TPSA) is 29.3 Å². The van der Waals surface area contributed by atoms with Gasteiger partial charge in [0.15, 0.2) is 5.58 Å². The van der Waals surface area contributed by atoms with Crippen LogP contribution in [-0.4, -0.2) is 4.98 Å². The SMILES string of the molecule is c1ccc(-c2nc3ccc4c(-c5ccc(-c6ccc(N(c7ccc(-c8cc9ccccc9c9ccccc89)cc7)c7ccccc7-c7ccccc7)cc6)cc5)cccc4c3o2)cc1. The van der Waals surface area contributed by atoms with Crippen molar-refractivity contribution in [2.75, 3.05) is 4.90 Å². The van der Waals surface area contributed by atoms with Gasteiger partial charge in [0.2, 0.25) is 5.89 Å². The lowest BCUT2D eigenvalue weighted by Gasteiger charge is -2.28. The van der Waals surface area contributed by atoms with E-state index in [9.17, 15) is 0 Å². The molecular formula is C61H40N2O. The molecule has 0 unspecified atom stereocenters. The second-order valence-electron chi connectivity index (χ2n) is 16.3. The van der Waals surface area contributed by atoms with Crippen LogP contribution in [0.25, 0.3) is 99.4 Å². The largest absolute Gasteiger partial charge is 0.435 e. The van der Waals surface area contributed by atoms with Gasteiger partial charge in [-0.1, -0.05) is 188 Å². The van der Waals surface area contributed by atoms with Gasteiger partial charge in [0.1, 0.15) is 5.52 Å². The van der Waals surface area contributed by atoms with Crippen molar-refractivity contribution >= 4 is 60.5 Å². The molecule has 0 aliphatic heterocycles. The molecule has 3 nitrogen and oxygen atoms in total. The van der Waals surface area contributed by atoms with Gasteiger partial charge < -0.3 is 9.32 Å². The second-order valence-corrected chi connectivity index (χ2v) is 16.3. The highest BCUT2D eigenvalue weighted by atomic mass is 16.3. The van der Waals surface area contributed by atoms with Crippen LogP contribution in [0.2, 0.25) is 0 Å². The van der Waals surface area contributed by atoms with Gasteiger partial charge >= 0.3 is 0 Å². The van der Waals surface area contributed by atoms with Crippen LogP contribution in [0.15, 0.2) is 247 Å². The van der Waals surface area contributed by atoms with Crippen molar-refractivity contribution in [3.05, 3.63) is 243 Å². The molecule has 0 aliphatic rings. The summed E-state index contributed by atoms with van der Waals surface area (Å²) >= 11 is 0. The molecule has 0 aliphatic carbocycles. The highest BCUT2D eigenvalue weighted by Gasteiger charge is 2.19.